The molecule has 1 aliphatic heterocycles. The fourth-order valence-electron chi connectivity index (χ4n) is 3.07. The Morgan fingerprint density at radius 1 is 1.29 bits per heavy atom. The zero-order valence-electron chi connectivity index (χ0n) is 12.6. The molecule has 2 rings (SSSR count). The second kappa shape index (κ2) is 6.28. The molecule has 21 heavy (non-hydrogen) atoms. The molecule has 0 aromatic heterocycles. The molecular formula is C15H21N2OS3-. The first-order chi connectivity index (χ1) is 9.83. The smallest absolute Gasteiger partial charge is 0.0599 e. The van der Waals surface area contributed by atoms with Crippen molar-refractivity contribution < 1.29 is 5.21 Å². The molecule has 1 saturated heterocycles. The molecule has 0 amide bonds. The van der Waals surface area contributed by atoms with Crippen LogP contribution in [0.15, 0.2) is 35.5 Å². The summed E-state index contributed by atoms with van der Waals surface area (Å²) in [6, 6.07) is 10.4. The average molecular weight is 342 g/mol. The van der Waals surface area contributed by atoms with Crippen LogP contribution in [-0.4, -0.2) is 33.7 Å². The summed E-state index contributed by atoms with van der Waals surface area (Å²) in [6.45, 7) is 8.63. The van der Waals surface area contributed by atoms with Gasteiger partial charge in [-0.15, -0.1) is 0 Å². The Kier molecular flexibility index (Phi) is 5.03. The lowest BCUT2D eigenvalue weighted by Crippen LogP contribution is -2.48. The maximum Gasteiger partial charge on any atom is 0.0599 e. The third kappa shape index (κ3) is 2.99. The fraction of sp³-hybridized carbons (Fsp3) is 0.533. The van der Waals surface area contributed by atoms with Crippen LogP contribution in [0, 0.1) is 5.41 Å². The maximum atomic E-state index is 9.25. The second-order valence-electron chi connectivity index (χ2n) is 6.11. The zero-order chi connectivity index (χ0) is 15.7. The van der Waals surface area contributed by atoms with E-state index in [4.69, 9.17) is 22.4 Å². The van der Waals surface area contributed by atoms with E-state index in [1.54, 1.807) is 0 Å². The molecule has 116 valence electrons. The highest BCUT2D eigenvalue weighted by atomic mass is 33.1. The molecule has 1 heterocycles. The zero-order valence-corrected chi connectivity index (χ0v) is 15.0. The van der Waals surface area contributed by atoms with E-state index in [1.165, 1.54) is 5.56 Å². The number of oxime groups is 1. The number of hydrogen-bond donors (Lipinski definition) is 1. The molecule has 2 atom stereocenters. The molecule has 1 aromatic carbocycles. The predicted molar refractivity (Wildman–Crippen MR) is 95.2 cm³/mol. The van der Waals surface area contributed by atoms with E-state index in [9.17, 15) is 5.21 Å². The lowest BCUT2D eigenvalue weighted by molar-refractivity contribution is 0.288. The third-order valence-corrected chi connectivity index (χ3v) is 8.32. The van der Waals surface area contributed by atoms with Gasteiger partial charge >= 0.3 is 0 Å². The molecule has 1 fully saturated rings. The highest BCUT2D eigenvalue weighted by Crippen LogP contribution is 2.43. The van der Waals surface area contributed by atoms with Crippen LogP contribution in [-0.2, 0) is 36.9 Å². The SMILES string of the molecule is C/C(=N\O)C1(C)CN(Cc2ccccc2)CC1(C)[S-](=S)=S. The van der Waals surface area contributed by atoms with Gasteiger partial charge in [0, 0.05) is 18.5 Å². The van der Waals surface area contributed by atoms with E-state index in [0.717, 1.165) is 19.6 Å². The molecule has 0 bridgehead atoms. The van der Waals surface area contributed by atoms with Crippen molar-refractivity contribution in [1.82, 2.24) is 4.90 Å². The highest BCUT2D eigenvalue weighted by Gasteiger charge is 2.49. The van der Waals surface area contributed by atoms with Gasteiger partial charge in [0.15, 0.2) is 0 Å². The molecule has 1 aromatic rings. The quantitative estimate of drug-likeness (QED) is 0.395. The van der Waals surface area contributed by atoms with Crippen molar-refractivity contribution >= 4 is 36.1 Å². The van der Waals surface area contributed by atoms with Crippen molar-refractivity contribution in [3.05, 3.63) is 35.9 Å². The normalized spacial score (nSPS) is 31.0. The first kappa shape index (κ1) is 16.8. The Labute approximate surface area is 137 Å². The Morgan fingerprint density at radius 3 is 2.43 bits per heavy atom. The van der Waals surface area contributed by atoms with Crippen LogP contribution in [0.25, 0.3) is 0 Å². The summed E-state index contributed by atoms with van der Waals surface area (Å²) in [5.41, 5.74) is 1.70. The van der Waals surface area contributed by atoms with E-state index in [1.807, 2.05) is 13.0 Å². The van der Waals surface area contributed by atoms with Gasteiger partial charge in [-0.25, -0.2) is 0 Å². The summed E-state index contributed by atoms with van der Waals surface area (Å²) in [4.78, 5) is 2.36. The van der Waals surface area contributed by atoms with Gasteiger partial charge in [0.25, 0.3) is 0 Å². The summed E-state index contributed by atoms with van der Waals surface area (Å²) in [5.74, 6) is 0. The van der Waals surface area contributed by atoms with Crippen LogP contribution in [0.2, 0.25) is 0 Å². The minimum atomic E-state index is -0.594. The minimum absolute atomic E-state index is 0.233. The minimum Gasteiger partial charge on any atom is -0.411 e. The topological polar surface area (TPSA) is 35.8 Å². The van der Waals surface area contributed by atoms with E-state index in [-0.39, 0.29) is 10.2 Å². The molecule has 1 N–H and O–H groups in total. The number of nitrogens with zero attached hydrogens (tertiary/aromatic N) is 2. The molecule has 6 heteroatoms. The van der Waals surface area contributed by atoms with Crippen molar-refractivity contribution in [2.24, 2.45) is 10.6 Å². The van der Waals surface area contributed by atoms with E-state index in [0.29, 0.717) is 5.71 Å². The number of benzene rings is 1. The average Bonchev–Trinajstić information content (AvgIpc) is 2.72. The number of hydrogen-bond acceptors (Lipinski definition) is 6. The molecule has 3 nitrogen and oxygen atoms in total. The van der Waals surface area contributed by atoms with Crippen LogP contribution < -0.4 is 0 Å². The standard InChI is InChI=1S/C15H21N2OS3/c1-12(16-18)14(2)10-17(11-15(14,3)21(19)20)9-13-7-5-4-6-8-13/h4-8,18H,9-11H2,1-3H3/q-1/b16-12+. The van der Waals surface area contributed by atoms with Crippen molar-refractivity contribution in [1.29, 1.82) is 0 Å². The van der Waals surface area contributed by atoms with Gasteiger partial charge in [0.05, 0.1) is 5.71 Å². The Morgan fingerprint density at radius 2 is 1.90 bits per heavy atom. The van der Waals surface area contributed by atoms with E-state index < -0.39 is 8.01 Å². The van der Waals surface area contributed by atoms with Gasteiger partial charge in [-0.1, -0.05) is 54.1 Å². The van der Waals surface area contributed by atoms with Crippen LogP contribution in [0.5, 0.6) is 0 Å². The van der Waals surface area contributed by atoms with Gasteiger partial charge in [-0.05, 0) is 19.0 Å². The largest absolute Gasteiger partial charge is 0.411 e. The van der Waals surface area contributed by atoms with Crippen molar-refractivity contribution in [3.63, 3.8) is 0 Å². The molecule has 2 unspecified atom stereocenters. The Hall–Kier alpha value is -0.560. The molecule has 0 radical (unpaired) electrons. The van der Waals surface area contributed by atoms with Crippen molar-refractivity contribution in [2.75, 3.05) is 13.1 Å². The first-order valence-corrected chi connectivity index (χ1v) is 9.96. The summed E-state index contributed by atoms with van der Waals surface area (Å²) >= 11 is 10.9. The first-order valence-electron chi connectivity index (χ1n) is 6.88. The summed E-state index contributed by atoms with van der Waals surface area (Å²) in [7, 11) is -0.594. The van der Waals surface area contributed by atoms with Gasteiger partial charge in [0.2, 0.25) is 0 Å². The van der Waals surface area contributed by atoms with Crippen LogP contribution >= 0.6 is 0 Å². The Balaban J connectivity index is 2.31. The summed E-state index contributed by atoms with van der Waals surface area (Å²) in [5, 5.41) is 12.7. The van der Waals surface area contributed by atoms with Crippen molar-refractivity contribution in [2.45, 2.75) is 32.1 Å². The maximum absolute atomic E-state index is 9.25. The lowest BCUT2D eigenvalue weighted by Gasteiger charge is -2.44. The highest BCUT2D eigenvalue weighted by molar-refractivity contribution is 8.47. The summed E-state index contributed by atoms with van der Waals surface area (Å²) < 4.78 is -0.233. The molecule has 0 saturated carbocycles. The number of likely N-dealkylation sites (tertiary alicyclic amines) is 1. The van der Waals surface area contributed by atoms with Crippen LogP contribution in [0.3, 0.4) is 0 Å². The molecule has 0 aliphatic carbocycles. The van der Waals surface area contributed by atoms with Gasteiger partial charge in [-0.2, -0.15) is 0 Å². The molecular weight excluding hydrogens is 320 g/mol. The monoisotopic (exact) mass is 341 g/mol. The van der Waals surface area contributed by atoms with E-state index >= 15 is 0 Å². The van der Waals surface area contributed by atoms with Gasteiger partial charge < -0.3 is 13.2 Å². The molecule has 0 spiro atoms. The van der Waals surface area contributed by atoms with Gasteiger partial charge in [-0.3, -0.25) is 27.3 Å². The lowest BCUT2D eigenvalue weighted by atomic mass is 9.76. The molecule has 1 aliphatic rings. The number of rotatable bonds is 4. The second-order valence-corrected chi connectivity index (χ2v) is 10.1. The fourth-order valence-corrected chi connectivity index (χ4v) is 5.36. The third-order valence-electron chi connectivity index (χ3n) is 4.80. The van der Waals surface area contributed by atoms with Crippen molar-refractivity contribution in [3.8, 4) is 0 Å². The van der Waals surface area contributed by atoms with Gasteiger partial charge in [0.1, 0.15) is 0 Å². The van der Waals surface area contributed by atoms with Crippen LogP contribution in [0.1, 0.15) is 26.3 Å². The van der Waals surface area contributed by atoms with E-state index in [2.05, 4.69) is 48.2 Å². The summed E-state index contributed by atoms with van der Waals surface area (Å²) in [6.07, 6.45) is 0. The van der Waals surface area contributed by atoms with Crippen LogP contribution in [0.4, 0.5) is 0 Å². The Bertz CT molecular complexity index is 607. The predicted octanol–water partition coefficient (Wildman–Crippen LogP) is 2.66.